The number of fused-ring (bicyclic) bond motifs is 3. The molecule has 3 rings (SSSR count). The van der Waals surface area contributed by atoms with E-state index < -0.39 is 7.60 Å². The van der Waals surface area contributed by atoms with Gasteiger partial charge < -0.3 is 14.4 Å². The second-order valence-corrected chi connectivity index (χ2v) is 9.48. The molecule has 1 heterocycles. The van der Waals surface area contributed by atoms with Crippen molar-refractivity contribution in [3.63, 3.8) is 0 Å². The van der Waals surface area contributed by atoms with E-state index in [9.17, 15) is 4.57 Å². The minimum absolute atomic E-state index is 0.0210. The molecule has 1 aromatic heterocycles. The van der Waals surface area contributed by atoms with Crippen molar-refractivity contribution < 1.29 is 14.4 Å². The van der Waals surface area contributed by atoms with Crippen molar-refractivity contribution in [3.8, 4) is 0 Å². The Labute approximate surface area is 161 Å². The highest BCUT2D eigenvalue weighted by Gasteiger charge is 2.12. The van der Waals surface area contributed by atoms with Crippen LogP contribution in [0.2, 0.25) is 0 Å². The average Bonchev–Trinajstić information content (AvgIpc) is 2.89. The van der Waals surface area contributed by atoms with Crippen molar-refractivity contribution in [1.82, 2.24) is 4.57 Å². The Morgan fingerprint density at radius 2 is 1.26 bits per heavy atom. The highest BCUT2D eigenvalue weighted by atomic mass is 31.2. The largest absolute Gasteiger partial charge is 0.340 e. The van der Waals surface area contributed by atoms with Crippen LogP contribution in [0.1, 0.15) is 49.7 Å². The minimum atomic E-state index is -3.82. The lowest BCUT2D eigenvalue weighted by molar-refractivity contribution is 0.370. The number of unbranched alkanes of at least 4 members (excludes halogenated alkanes) is 5. The van der Waals surface area contributed by atoms with Gasteiger partial charge in [0.15, 0.2) is 0 Å². The molecule has 2 aromatic carbocycles. The smallest absolute Gasteiger partial charge is 0.325 e. The van der Waals surface area contributed by atoms with Crippen LogP contribution in [0, 0.1) is 13.8 Å². The van der Waals surface area contributed by atoms with E-state index in [2.05, 4.69) is 54.8 Å². The summed E-state index contributed by atoms with van der Waals surface area (Å²) in [5.41, 5.74) is 5.20. The van der Waals surface area contributed by atoms with Crippen molar-refractivity contribution >= 4 is 29.4 Å². The Bertz CT molecular complexity index is 911. The first-order valence-electron chi connectivity index (χ1n) is 9.89. The summed E-state index contributed by atoms with van der Waals surface area (Å²) in [5.74, 6) is 0. The first-order valence-corrected chi connectivity index (χ1v) is 11.7. The van der Waals surface area contributed by atoms with E-state index in [0.717, 1.165) is 38.6 Å². The van der Waals surface area contributed by atoms with Gasteiger partial charge in [0, 0.05) is 34.5 Å². The molecule has 27 heavy (non-hydrogen) atoms. The van der Waals surface area contributed by atoms with Crippen LogP contribution < -0.4 is 0 Å². The zero-order valence-electron chi connectivity index (χ0n) is 16.3. The maximum absolute atomic E-state index is 10.8. The van der Waals surface area contributed by atoms with Gasteiger partial charge in [-0.15, -0.1) is 0 Å². The fourth-order valence-corrected chi connectivity index (χ4v) is 4.50. The third-order valence-corrected chi connectivity index (χ3v) is 6.16. The van der Waals surface area contributed by atoms with Gasteiger partial charge in [-0.3, -0.25) is 4.57 Å². The third-order valence-electron chi connectivity index (χ3n) is 5.26. The van der Waals surface area contributed by atoms with E-state index in [4.69, 9.17) is 9.79 Å². The normalized spacial score (nSPS) is 12.3. The summed E-state index contributed by atoms with van der Waals surface area (Å²) in [6.45, 7) is 5.30. The van der Waals surface area contributed by atoms with E-state index in [-0.39, 0.29) is 6.16 Å². The number of rotatable bonds is 9. The fraction of sp³-hybridized carbons (Fsp3) is 0.455. The predicted molar refractivity (Wildman–Crippen MR) is 114 cm³/mol. The van der Waals surface area contributed by atoms with Gasteiger partial charge in [0.1, 0.15) is 0 Å². The van der Waals surface area contributed by atoms with Gasteiger partial charge in [-0.25, -0.2) is 0 Å². The standard InChI is InChI=1S/C22H30NO3P/c1-17-9-11-21-19(15-17)20-16-18(2)10-12-22(20)23(21)13-7-5-3-4-6-8-14-27(24,25)26/h9-12,15-16H,3-8,13-14H2,1-2H3,(H2,24,25,26). The predicted octanol–water partition coefficient (Wildman–Crippen LogP) is 5.93. The molecular weight excluding hydrogens is 357 g/mol. The summed E-state index contributed by atoms with van der Waals surface area (Å²) in [6, 6.07) is 13.4. The summed E-state index contributed by atoms with van der Waals surface area (Å²) in [6.07, 6.45) is 5.98. The number of aromatic nitrogens is 1. The summed E-state index contributed by atoms with van der Waals surface area (Å²) < 4.78 is 13.3. The first kappa shape index (κ1) is 20.1. The van der Waals surface area contributed by atoms with Gasteiger partial charge in [0.25, 0.3) is 0 Å². The number of benzene rings is 2. The molecular formula is C22H30NO3P. The Balaban J connectivity index is 1.61. The molecule has 0 aliphatic heterocycles. The Morgan fingerprint density at radius 3 is 1.78 bits per heavy atom. The van der Waals surface area contributed by atoms with E-state index >= 15 is 0 Å². The third kappa shape index (κ3) is 5.22. The molecule has 0 saturated carbocycles. The van der Waals surface area contributed by atoms with Crippen LogP contribution in [0.4, 0.5) is 0 Å². The zero-order valence-corrected chi connectivity index (χ0v) is 17.2. The molecule has 4 nitrogen and oxygen atoms in total. The van der Waals surface area contributed by atoms with Crippen molar-refractivity contribution in [2.75, 3.05) is 6.16 Å². The number of nitrogens with zero attached hydrogens (tertiary/aromatic N) is 1. The quantitative estimate of drug-likeness (QED) is 0.353. The lowest BCUT2D eigenvalue weighted by Crippen LogP contribution is -1.98. The molecule has 0 radical (unpaired) electrons. The SMILES string of the molecule is Cc1ccc2c(c1)c1cc(C)ccc1n2CCCCCCCCP(=O)(O)O. The van der Waals surface area contributed by atoms with Crippen molar-refractivity contribution in [1.29, 1.82) is 0 Å². The van der Waals surface area contributed by atoms with Crippen molar-refractivity contribution in [2.24, 2.45) is 0 Å². The van der Waals surface area contributed by atoms with Crippen LogP contribution in [0.15, 0.2) is 36.4 Å². The van der Waals surface area contributed by atoms with Gasteiger partial charge in [-0.05, 0) is 51.0 Å². The van der Waals surface area contributed by atoms with Gasteiger partial charge in [0.2, 0.25) is 0 Å². The number of hydrogen-bond acceptors (Lipinski definition) is 1. The van der Waals surface area contributed by atoms with Crippen LogP contribution in [0.25, 0.3) is 21.8 Å². The fourth-order valence-electron chi connectivity index (χ4n) is 3.87. The first-order chi connectivity index (χ1) is 12.8. The van der Waals surface area contributed by atoms with Crippen LogP contribution >= 0.6 is 7.60 Å². The average molecular weight is 387 g/mol. The molecule has 0 bridgehead atoms. The van der Waals surface area contributed by atoms with E-state index in [1.165, 1.54) is 32.9 Å². The zero-order chi connectivity index (χ0) is 19.4. The molecule has 3 aromatic rings. The number of aryl methyl sites for hydroxylation is 3. The summed E-state index contributed by atoms with van der Waals surface area (Å²) in [7, 11) is -3.82. The summed E-state index contributed by atoms with van der Waals surface area (Å²) >= 11 is 0. The molecule has 0 spiro atoms. The summed E-state index contributed by atoms with van der Waals surface area (Å²) in [5, 5.41) is 2.68. The van der Waals surface area contributed by atoms with Gasteiger partial charge in [-0.2, -0.15) is 0 Å². The van der Waals surface area contributed by atoms with Crippen molar-refractivity contribution in [2.45, 2.75) is 58.9 Å². The van der Waals surface area contributed by atoms with E-state index in [0.29, 0.717) is 6.42 Å². The van der Waals surface area contributed by atoms with E-state index in [1.807, 2.05) is 0 Å². The Kier molecular flexibility index (Phi) is 6.41. The Morgan fingerprint density at radius 1 is 0.778 bits per heavy atom. The van der Waals surface area contributed by atoms with Crippen molar-refractivity contribution in [3.05, 3.63) is 47.5 Å². The highest BCUT2D eigenvalue weighted by Crippen LogP contribution is 2.35. The maximum atomic E-state index is 10.8. The van der Waals surface area contributed by atoms with Gasteiger partial charge >= 0.3 is 7.60 Å². The molecule has 146 valence electrons. The number of hydrogen-bond donors (Lipinski definition) is 2. The van der Waals surface area contributed by atoms with Crippen LogP contribution in [-0.4, -0.2) is 20.5 Å². The van der Waals surface area contributed by atoms with Crippen LogP contribution in [0.3, 0.4) is 0 Å². The molecule has 0 atom stereocenters. The molecule has 0 aliphatic rings. The highest BCUT2D eigenvalue weighted by molar-refractivity contribution is 7.51. The monoisotopic (exact) mass is 387 g/mol. The Hall–Kier alpha value is -1.61. The minimum Gasteiger partial charge on any atom is -0.340 e. The molecule has 5 heteroatoms. The van der Waals surface area contributed by atoms with Crippen LogP contribution in [0.5, 0.6) is 0 Å². The van der Waals surface area contributed by atoms with Gasteiger partial charge in [-0.1, -0.05) is 48.9 Å². The molecule has 2 N–H and O–H groups in total. The molecule has 0 saturated heterocycles. The molecule has 0 unspecified atom stereocenters. The molecule has 0 fully saturated rings. The van der Waals surface area contributed by atoms with Crippen LogP contribution in [-0.2, 0) is 11.1 Å². The molecule has 0 aliphatic carbocycles. The summed E-state index contributed by atoms with van der Waals surface area (Å²) in [4.78, 5) is 17.8. The lowest BCUT2D eigenvalue weighted by atomic mass is 10.1. The second-order valence-electron chi connectivity index (χ2n) is 7.70. The lowest BCUT2D eigenvalue weighted by Gasteiger charge is -2.08. The topological polar surface area (TPSA) is 62.5 Å². The molecule has 0 amide bonds. The second kappa shape index (κ2) is 8.60. The maximum Gasteiger partial charge on any atom is 0.325 e. The van der Waals surface area contributed by atoms with E-state index in [1.54, 1.807) is 0 Å². The van der Waals surface area contributed by atoms with Gasteiger partial charge in [0.05, 0.1) is 0 Å².